The molecule has 0 fully saturated rings. The van der Waals surface area contributed by atoms with E-state index in [-0.39, 0.29) is 17.0 Å². The van der Waals surface area contributed by atoms with E-state index in [1.807, 2.05) is 36.4 Å². The summed E-state index contributed by atoms with van der Waals surface area (Å²) in [5, 5.41) is 1.54. The molecule has 1 N–H and O–H groups in total. The monoisotopic (exact) mass is 725 g/mol. The number of sulfonamides is 1. The standard InChI is InChI=1S/C38H51N3O7S2/c1-5-40(6-2)29-18-21-32-35(26-29)48-36-27-30(41(7-3)8-4)19-22-33(36)38(32)34-23-20-31(28-37(34)50(45,46)47)49(43,44)39-24-16-14-12-10-9-11-13-15-17-25-42/h18-23,25-28,39H,5-17,24H2,1-4H3. The molecule has 0 radical (unpaired) electrons. The predicted molar refractivity (Wildman–Crippen MR) is 199 cm³/mol. The largest absolute Gasteiger partial charge is 0.744 e. The molecular weight excluding hydrogens is 675 g/mol. The van der Waals surface area contributed by atoms with Crippen molar-refractivity contribution >= 4 is 43.1 Å². The number of carbonyl (C=O) groups excluding carboxylic acids is 1. The summed E-state index contributed by atoms with van der Waals surface area (Å²) in [5.74, 6) is 0.513. The zero-order chi connectivity index (χ0) is 36.3. The van der Waals surface area contributed by atoms with Gasteiger partial charge in [-0.2, -0.15) is 0 Å². The third-order valence-corrected chi connectivity index (χ3v) is 11.6. The van der Waals surface area contributed by atoms with Crippen LogP contribution >= 0.6 is 0 Å². The molecule has 0 saturated carbocycles. The molecule has 0 spiro atoms. The highest BCUT2D eigenvalue weighted by atomic mass is 32.2. The maximum Gasteiger partial charge on any atom is 0.240 e. The highest BCUT2D eigenvalue weighted by molar-refractivity contribution is 7.89. The number of unbranched alkanes of at least 4 members (excludes halogenated alkanes) is 8. The minimum atomic E-state index is -5.11. The lowest BCUT2D eigenvalue weighted by Crippen LogP contribution is -2.29. The summed E-state index contributed by atoms with van der Waals surface area (Å²) in [4.78, 5) is 11.7. The Morgan fingerprint density at radius 1 is 0.780 bits per heavy atom. The zero-order valence-electron chi connectivity index (χ0n) is 29.7. The molecule has 2 aromatic rings. The van der Waals surface area contributed by atoms with E-state index in [4.69, 9.17) is 4.42 Å². The number of anilines is 1. The van der Waals surface area contributed by atoms with Crippen LogP contribution < -0.4 is 19.6 Å². The fraction of sp³-hybridized carbons (Fsp3) is 0.474. The molecule has 0 unspecified atom stereocenters. The van der Waals surface area contributed by atoms with E-state index in [1.165, 1.54) is 12.1 Å². The maximum absolute atomic E-state index is 13.3. The molecule has 2 aromatic carbocycles. The topological polar surface area (TPSA) is 140 Å². The smallest absolute Gasteiger partial charge is 0.240 e. The van der Waals surface area contributed by atoms with E-state index >= 15 is 0 Å². The average molecular weight is 726 g/mol. The Morgan fingerprint density at radius 3 is 2.04 bits per heavy atom. The van der Waals surface area contributed by atoms with Gasteiger partial charge in [0.2, 0.25) is 15.4 Å². The minimum absolute atomic E-state index is 0.113. The minimum Gasteiger partial charge on any atom is -0.744 e. The number of fused-ring (bicyclic) bond motifs is 2. The third-order valence-electron chi connectivity index (χ3n) is 9.29. The Morgan fingerprint density at radius 2 is 1.42 bits per heavy atom. The first kappa shape index (κ1) is 39.2. The fourth-order valence-corrected chi connectivity index (χ4v) is 8.40. The Hall–Kier alpha value is -3.58. The number of nitrogens with zero attached hydrogens (tertiary/aromatic N) is 2. The highest BCUT2D eigenvalue weighted by Crippen LogP contribution is 2.43. The second-order valence-electron chi connectivity index (χ2n) is 12.5. The molecule has 10 nitrogen and oxygen atoms in total. The summed E-state index contributed by atoms with van der Waals surface area (Å²) in [6, 6.07) is 15.2. The number of hydrogen-bond acceptors (Lipinski definition) is 8. The van der Waals surface area contributed by atoms with Crippen LogP contribution in [0, 0.1) is 0 Å². The summed E-state index contributed by atoms with van der Waals surface area (Å²) >= 11 is 0. The van der Waals surface area contributed by atoms with Crippen molar-refractivity contribution in [3.05, 3.63) is 60.0 Å². The van der Waals surface area contributed by atoms with Crippen molar-refractivity contribution in [2.45, 2.75) is 95.3 Å². The van der Waals surface area contributed by atoms with Gasteiger partial charge in [-0.25, -0.2) is 26.1 Å². The molecule has 50 heavy (non-hydrogen) atoms. The molecule has 12 heteroatoms. The van der Waals surface area contributed by atoms with Gasteiger partial charge in [0.15, 0.2) is 0 Å². The number of nitrogens with one attached hydrogen (secondary N) is 1. The summed E-state index contributed by atoms with van der Waals surface area (Å²) < 4.78 is 76.4. The summed E-state index contributed by atoms with van der Waals surface area (Å²) in [6.07, 6.45) is 9.18. The van der Waals surface area contributed by atoms with Crippen LogP contribution in [0.2, 0.25) is 0 Å². The van der Waals surface area contributed by atoms with E-state index in [1.54, 1.807) is 0 Å². The Balaban J connectivity index is 1.71. The number of carbonyl (C=O) groups is 1. The van der Waals surface area contributed by atoms with Crippen molar-refractivity contribution in [1.82, 2.24) is 9.30 Å². The quantitative estimate of drug-likeness (QED) is 0.0347. The van der Waals surface area contributed by atoms with Gasteiger partial charge >= 0.3 is 0 Å². The van der Waals surface area contributed by atoms with Crippen LogP contribution in [0.1, 0.15) is 85.5 Å². The lowest BCUT2D eigenvalue weighted by molar-refractivity contribution is -0.107. The first-order valence-corrected chi connectivity index (χ1v) is 20.7. The van der Waals surface area contributed by atoms with E-state index in [2.05, 4.69) is 41.9 Å². The van der Waals surface area contributed by atoms with Crippen molar-refractivity contribution < 1.29 is 30.6 Å². The summed E-state index contributed by atoms with van der Waals surface area (Å²) in [5.41, 5.74) is 2.64. The van der Waals surface area contributed by atoms with Crippen LogP contribution in [0.15, 0.2) is 68.8 Å². The van der Waals surface area contributed by atoms with E-state index < -0.39 is 25.0 Å². The molecular formula is C38H51N3O7S2. The fourth-order valence-electron chi connectivity index (χ4n) is 6.52. The van der Waals surface area contributed by atoms with Crippen molar-refractivity contribution in [3.63, 3.8) is 0 Å². The van der Waals surface area contributed by atoms with Crippen LogP contribution in [-0.2, 0) is 24.9 Å². The van der Waals surface area contributed by atoms with Crippen LogP contribution in [0.4, 0.5) is 5.69 Å². The van der Waals surface area contributed by atoms with E-state index in [9.17, 15) is 26.2 Å². The number of aldehydes is 1. The number of hydrogen-bond donors (Lipinski definition) is 1. The van der Waals surface area contributed by atoms with Gasteiger partial charge in [0.25, 0.3) is 0 Å². The van der Waals surface area contributed by atoms with Gasteiger partial charge in [-0.15, -0.1) is 0 Å². The first-order chi connectivity index (χ1) is 24.0. The average Bonchev–Trinajstić information content (AvgIpc) is 3.10. The van der Waals surface area contributed by atoms with Gasteiger partial charge in [0.05, 0.1) is 15.9 Å². The zero-order valence-corrected chi connectivity index (χ0v) is 31.4. The Bertz CT molecular complexity index is 2010. The lowest BCUT2D eigenvalue weighted by Gasteiger charge is -2.23. The van der Waals surface area contributed by atoms with Crippen LogP contribution in [0.5, 0.6) is 0 Å². The van der Waals surface area contributed by atoms with Gasteiger partial charge in [-0.1, -0.05) is 44.6 Å². The molecule has 0 saturated heterocycles. The van der Waals surface area contributed by atoms with Gasteiger partial charge in [-0.3, -0.25) is 0 Å². The molecule has 1 aliphatic heterocycles. The second kappa shape index (κ2) is 18.1. The number of rotatable bonds is 20. The molecule has 0 atom stereocenters. The van der Waals surface area contributed by atoms with Gasteiger partial charge in [0, 0.05) is 66.0 Å². The van der Waals surface area contributed by atoms with Crippen LogP contribution in [0.25, 0.3) is 33.4 Å². The normalized spacial score (nSPS) is 12.1. The Labute approximate surface area is 297 Å². The van der Waals surface area contributed by atoms with Crippen LogP contribution in [0.3, 0.4) is 0 Å². The van der Waals surface area contributed by atoms with Gasteiger partial charge in [0.1, 0.15) is 40.8 Å². The predicted octanol–water partition coefficient (Wildman–Crippen LogP) is 6.76. The van der Waals surface area contributed by atoms with E-state index in [0.29, 0.717) is 40.7 Å². The van der Waals surface area contributed by atoms with Crippen molar-refractivity contribution in [3.8, 4) is 22.5 Å². The molecule has 0 aromatic heterocycles. The maximum atomic E-state index is 13.3. The molecule has 0 bridgehead atoms. The molecule has 0 amide bonds. The molecule has 1 heterocycles. The Kier molecular flexibility index (Phi) is 14.2. The first-order valence-electron chi connectivity index (χ1n) is 17.9. The molecule has 4 rings (SSSR count). The molecule has 1 aliphatic carbocycles. The van der Waals surface area contributed by atoms with Crippen molar-refractivity contribution in [1.29, 1.82) is 0 Å². The summed E-state index contributed by atoms with van der Waals surface area (Å²) in [6.45, 7) is 11.6. The van der Waals surface area contributed by atoms with Gasteiger partial charge < -0.3 is 18.7 Å². The van der Waals surface area contributed by atoms with E-state index in [0.717, 1.165) is 94.5 Å². The third kappa shape index (κ3) is 9.60. The second-order valence-corrected chi connectivity index (χ2v) is 15.6. The van der Waals surface area contributed by atoms with Crippen molar-refractivity contribution in [2.75, 3.05) is 37.6 Å². The summed E-state index contributed by atoms with van der Waals surface area (Å²) in [7, 11) is -9.20. The SMILES string of the molecule is CCN(CC)c1ccc2c(-c3ccc(S(=O)(=O)NCCCCCCCCCCC=O)cc3S(=O)(=O)[O-])c3ccc(=[N+](CC)CC)cc-3oc2c1. The lowest BCUT2D eigenvalue weighted by atomic mass is 9.93. The van der Waals surface area contributed by atoms with Crippen LogP contribution in [-0.4, -0.2) is 60.4 Å². The number of benzene rings is 3. The van der Waals surface area contributed by atoms with Gasteiger partial charge in [-0.05, 0) is 70.9 Å². The molecule has 272 valence electrons. The van der Waals surface area contributed by atoms with Crippen molar-refractivity contribution in [2.24, 2.45) is 0 Å². The molecule has 2 aliphatic rings. The highest BCUT2D eigenvalue weighted by Gasteiger charge is 2.25.